The first-order valence-corrected chi connectivity index (χ1v) is 11.1. The van der Waals surface area contributed by atoms with E-state index in [9.17, 15) is 9.18 Å². The highest BCUT2D eigenvalue weighted by molar-refractivity contribution is 8.17. The van der Waals surface area contributed by atoms with Crippen LogP contribution in [0.5, 0.6) is 5.75 Å². The van der Waals surface area contributed by atoms with E-state index in [1.54, 1.807) is 29.2 Å². The summed E-state index contributed by atoms with van der Waals surface area (Å²) in [5.74, 6) is -0.0458. The second-order valence-electron chi connectivity index (χ2n) is 7.42. The highest BCUT2D eigenvalue weighted by Gasteiger charge is 2.36. The van der Waals surface area contributed by atoms with Crippen LogP contribution in [0.3, 0.4) is 0 Å². The van der Waals surface area contributed by atoms with Gasteiger partial charge in [0, 0.05) is 5.41 Å². The minimum absolute atomic E-state index is 0.0859. The van der Waals surface area contributed by atoms with Crippen LogP contribution in [-0.4, -0.2) is 21.8 Å². The SMILES string of the molecule is N=C1/C(=C/c2cccc(OCc3ccc(F)cc3)c2)C(=O)N=C2SC=C(c3ccccc3)N12. The third-order valence-electron chi connectivity index (χ3n) is 5.17. The molecule has 162 valence electrons. The van der Waals surface area contributed by atoms with Crippen LogP contribution in [0.2, 0.25) is 0 Å². The number of carbonyl (C=O) groups is 1. The lowest BCUT2D eigenvalue weighted by Crippen LogP contribution is -2.38. The number of carbonyl (C=O) groups excluding carboxylic acids is 1. The highest BCUT2D eigenvalue weighted by atomic mass is 32.2. The van der Waals surface area contributed by atoms with E-state index in [2.05, 4.69) is 4.99 Å². The largest absolute Gasteiger partial charge is 0.489 e. The van der Waals surface area contributed by atoms with Crippen molar-refractivity contribution in [2.24, 2.45) is 4.99 Å². The van der Waals surface area contributed by atoms with Crippen LogP contribution in [0, 0.1) is 11.2 Å². The zero-order valence-electron chi connectivity index (χ0n) is 17.4. The molecule has 1 N–H and O–H groups in total. The van der Waals surface area contributed by atoms with E-state index >= 15 is 0 Å². The fourth-order valence-corrected chi connectivity index (χ4v) is 4.41. The van der Waals surface area contributed by atoms with Crippen molar-refractivity contribution >= 4 is 40.4 Å². The van der Waals surface area contributed by atoms with E-state index in [-0.39, 0.29) is 17.2 Å². The Bertz CT molecular complexity index is 1330. The van der Waals surface area contributed by atoms with E-state index in [0.29, 0.717) is 17.5 Å². The molecule has 0 aliphatic carbocycles. The molecule has 1 amide bonds. The monoisotopic (exact) mass is 455 g/mol. The minimum Gasteiger partial charge on any atom is -0.489 e. The van der Waals surface area contributed by atoms with Crippen LogP contribution in [-0.2, 0) is 11.4 Å². The van der Waals surface area contributed by atoms with Gasteiger partial charge in [-0.15, -0.1) is 0 Å². The first-order chi connectivity index (χ1) is 16.1. The molecule has 0 atom stereocenters. The third kappa shape index (κ3) is 4.36. The Balaban J connectivity index is 1.38. The average Bonchev–Trinajstić information content (AvgIpc) is 3.26. The number of benzene rings is 3. The van der Waals surface area contributed by atoms with Crippen molar-refractivity contribution in [3.05, 3.63) is 112 Å². The Labute approximate surface area is 194 Å². The first-order valence-electron chi connectivity index (χ1n) is 10.2. The molecule has 7 heteroatoms. The molecular weight excluding hydrogens is 437 g/mol. The Morgan fingerprint density at radius 3 is 2.61 bits per heavy atom. The summed E-state index contributed by atoms with van der Waals surface area (Å²) >= 11 is 1.33. The highest BCUT2D eigenvalue weighted by Crippen LogP contribution is 2.37. The topological polar surface area (TPSA) is 65.8 Å². The number of thioether (sulfide) groups is 1. The standard InChI is InChI=1S/C26H18FN3O2S/c27-20-11-9-17(10-12-20)15-32-21-8-4-5-18(13-21)14-22-24(28)30-23(19-6-2-1-3-7-19)16-33-26(30)29-25(22)31/h1-14,16,28H,15H2/b22-14-,28-24?. The van der Waals surface area contributed by atoms with Gasteiger partial charge in [0.2, 0.25) is 0 Å². The van der Waals surface area contributed by atoms with E-state index in [1.165, 1.54) is 23.9 Å². The smallest absolute Gasteiger partial charge is 0.283 e. The van der Waals surface area contributed by atoms with Crippen LogP contribution in [0.1, 0.15) is 16.7 Å². The molecular formula is C26H18FN3O2S. The van der Waals surface area contributed by atoms with Gasteiger partial charge in [-0.3, -0.25) is 15.1 Å². The number of hydrogen-bond acceptors (Lipinski definition) is 4. The Hall–Kier alpha value is -3.97. The molecule has 2 heterocycles. The van der Waals surface area contributed by atoms with Crippen molar-refractivity contribution in [1.29, 1.82) is 5.41 Å². The van der Waals surface area contributed by atoms with Crippen molar-refractivity contribution in [1.82, 2.24) is 4.90 Å². The first kappa shape index (κ1) is 20.9. The van der Waals surface area contributed by atoms with Crippen molar-refractivity contribution in [2.75, 3.05) is 0 Å². The van der Waals surface area contributed by atoms with Gasteiger partial charge in [-0.05, 0) is 47.0 Å². The van der Waals surface area contributed by atoms with E-state index in [0.717, 1.165) is 22.4 Å². The lowest BCUT2D eigenvalue weighted by molar-refractivity contribution is -0.114. The van der Waals surface area contributed by atoms with Crippen molar-refractivity contribution < 1.29 is 13.9 Å². The number of halogens is 1. The molecule has 0 aromatic heterocycles. The van der Waals surface area contributed by atoms with E-state index < -0.39 is 5.91 Å². The summed E-state index contributed by atoms with van der Waals surface area (Å²) in [6, 6.07) is 23.1. The summed E-state index contributed by atoms with van der Waals surface area (Å²) in [6.45, 7) is 0.291. The van der Waals surface area contributed by atoms with Gasteiger partial charge in [-0.2, -0.15) is 4.99 Å². The number of aliphatic imine (C=N–C) groups is 1. The van der Waals surface area contributed by atoms with Gasteiger partial charge < -0.3 is 4.74 Å². The lowest BCUT2D eigenvalue weighted by Gasteiger charge is -2.26. The van der Waals surface area contributed by atoms with Gasteiger partial charge in [0.1, 0.15) is 24.0 Å². The summed E-state index contributed by atoms with van der Waals surface area (Å²) in [5, 5.41) is 11.1. The quantitative estimate of drug-likeness (QED) is 0.501. The van der Waals surface area contributed by atoms with Crippen LogP contribution in [0.15, 0.2) is 94.8 Å². The van der Waals surface area contributed by atoms with Crippen molar-refractivity contribution in [2.45, 2.75) is 6.61 Å². The summed E-state index contributed by atoms with van der Waals surface area (Å²) in [6.07, 6.45) is 1.65. The maximum absolute atomic E-state index is 13.1. The van der Waals surface area contributed by atoms with Gasteiger partial charge >= 0.3 is 0 Å². The molecule has 0 bridgehead atoms. The molecule has 33 heavy (non-hydrogen) atoms. The maximum Gasteiger partial charge on any atom is 0.283 e. The Morgan fingerprint density at radius 1 is 1.03 bits per heavy atom. The number of amidine groups is 2. The molecule has 3 aromatic rings. The number of amides is 1. The minimum atomic E-state index is -0.445. The van der Waals surface area contributed by atoms with E-state index in [1.807, 2.05) is 53.9 Å². The molecule has 0 saturated heterocycles. The molecule has 5 rings (SSSR count). The molecule has 0 saturated carbocycles. The number of ether oxygens (including phenoxy) is 1. The number of nitrogens with one attached hydrogen (secondary N) is 1. The van der Waals surface area contributed by atoms with Gasteiger partial charge in [-0.25, -0.2) is 4.39 Å². The fraction of sp³-hybridized carbons (Fsp3) is 0.0385. The fourth-order valence-electron chi connectivity index (χ4n) is 3.52. The average molecular weight is 456 g/mol. The van der Waals surface area contributed by atoms with E-state index in [4.69, 9.17) is 10.1 Å². The number of hydrogen-bond donors (Lipinski definition) is 1. The Morgan fingerprint density at radius 2 is 1.82 bits per heavy atom. The summed E-state index contributed by atoms with van der Waals surface area (Å²) in [7, 11) is 0. The summed E-state index contributed by atoms with van der Waals surface area (Å²) < 4.78 is 18.9. The number of fused-ring (bicyclic) bond motifs is 1. The summed E-state index contributed by atoms with van der Waals surface area (Å²) in [5.41, 5.74) is 3.54. The van der Waals surface area contributed by atoms with Crippen molar-refractivity contribution in [3.63, 3.8) is 0 Å². The summed E-state index contributed by atoms with van der Waals surface area (Å²) in [4.78, 5) is 18.6. The molecule has 2 aliphatic heterocycles. The molecule has 0 spiro atoms. The molecule has 0 radical (unpaired) electrons. The third-order valence-corrected chi connectivity index (χ3v) is 6.00. The van der Waals surface area contributed by atoms with Crippen LogP contribution >= 0.6 is 11.8 Å². The van der Waals surface area contributed by atoms with Gasteiger partial charge in [0.05, 0.1) is 11.3 Å². The molecule has 3 aromatic carbocycles. The van der Waals surface area contributed by atoms with Crippen LogP contribution in [0.4, 0.5) is 4.39 Å². The second-order valence-corrected chi connectivity index (χ2v) is 8.25. The number of nitrogens with zero attached hydrogens (tertiary/aromatic N) is 2. The normalized spacial score (nSPS) is 16.5. The predicted octanol–water partition coefficient (Wildman–Crippen LogP) is 5.71. The molecule has 0 fully saturated rings. The van der Waals surface area contributed by atoms with Gasteiger partial charge in [-0.1, -0.05) is 66.4 Å². The molecule has 2 aliphatic rings. The van der Waals surface area contributed by atoms with Crippen LogP contribution < -0.4 is 4.74 Å². The van der Waals surface area contributed by atoms with Crippen LogP contribution in [0.25, 0.3) is 11.8 Å². The molecule has 0 unspecified atom stereocenters. The number of rotatable bonds is 5. The van der Waals surface area contributed by atoms with Crippen molar-refractivity contribution in [3.8, 4) is 5.75 Å². The van der Waals surface area contributed by atoms with Gasteiger partial charge in [0.25, 0.3) is 5.91 Å². The lowest BCUT2D eigenvalue weighted by atomic mass is 10.1. The zero-order valence-corrected chi connectivity index (χ0v) is 18.2. The predicted molar refractivity (Wildman–Crippen MR) is 129 cm³/mol. The zero-order chi connectivity index (χ0) is 22.8. The molecule has 5 nitrogen and oxygen atoms in total. The Kier molecular flexibility index (Phi) is 5.62. The van der Waals surface area contributed by atoms with Gasteiger partial charge in [0.15, 0.2) is 5.17 Å². The maximum atomic E-state index is 13.1. The second kappa shape index (κ2) is 8.88.